The van der Waals surface area contributed by atoms with E-state index in [1.807, 2.05) is 6.07 Å². The van der Waals surface area contributed by atoms with Crippen LogP contribution < -0.4 is 10.1 Å². The molecule has 1 aromatic carbocycles. The van der Waals surface area contributed by atoms with Crippen molar-refractivity contribution in [2.75, 3.05) is 26.7 Å². The molecule has 0 radical (unpaired) electrons. The largest absolute Gasteiger partial charge is 0.508 e. The highest BCUT2D eigenvalue weighted by Crippen LogP contribution is 2.25. The molecule has 1 aliphatic heterocycles. The molecule has 1 unspecified atom stereocenters. The number of methoxy groups -OCH3 is 1. The van der Waals surface area contributed by atoms with Gasteiger partial charge in [-0.15, -0.1) is 0 Å². The number of likely N-dealkylation sites (N-methyl/N-ethyl adjacent to an activating group) is 1. The fourth-order valence-corrected chi connectivity index (χ4v) is 2.68. The van der Waals surface area contributed by atoms with Crippen LogP contribution in [0.15, 0.2) is 18.2 Å². The summed E-state index contributed by atoms with van der Waals surface area (Å²) in [7, 11) is 1.65. The number of rotatable bonds is 5. The quantitative estimate of drug-likeness (QED) is 0.853. The summed E-state index contributed by atoms with van der Waals surface area (Å²) in [5.74, 6) is 1.15. The average Bonchev–Trinajstić information content (AvgIpc) is 2.47. The summed E-state index contributed by atoms with van der Waals surface area (Å²) in [4.78, 5) is 2.42. The van der Waals surface area contributed by atoms with Crippen LogP contribution in [0.3, 0.4) is 0 Å². The average molecular weight is 264 g/mol. The molecule has 0 aromatic heterocycles. The smallest absolute Gasteiger partial charge is 0.120 e. The van der Waals surface area contributed by atoms with E-state index in [1.165, 1.54) is 12.8 Å². The monoisotopic (exact) mass is 264 g/mol. The Morgan fingerprint density at radius 2 is 2.32 bits per heavy atom. The molecule has 0 saturated carbocycles. The third-order valence-electron chi connectivity index (χ3n) is 3.85. The van der Waals surface area contributed by atoms with E-state index in [0.717, 1.165) is 37.5 Å². The lowest BCUT2D eigenvalue weighted by molar-refractivity contribution is 0.164. The fraction of sp³-hybridized carbons (Fsp3) is 0.600. The molecule has 1 fully saturated rings. The molecule has 1 saturated heterocycles. The minimum Gasteiger partial charge on any atom is -0.508 e. The van der Waals surface area contributed by atoms with Crippen molar-refractivity contribution in [3.63, 3.8) is 0 Å². The Morgan fingerprint density at radius 1 is 1.47 bits per heavy atom. The van der Waals surface area contributed by atoms with Crippen LogP contribution >= 0.6 is 0 Å². The topological polar surface area (TPSA) is 44.7 Å². The third kappa shape index (κ3) is 3.61. The van der Waals surface area contributed by atoms with Crippen LogP contribution in [0.25, 0.3) is 0 Å². The van der Waals surface area contributed by atoms with Gasteiger partial charge in [0.15, 0.2) is 0 Å². The first kappa shape index (κ1) is 14.2. The van der Waals surface area contributed by atoms with Gasteiger partial charge in [0.05, 0.1) is 7.11 Å². The molecule has 2 N–H and O–H groups in total. The second kappa shape index (κ2) is 6.78. The number of aromatic hydroxyl groups is 1. The van der Waals surface area contributed by atoms with E-state index in [1.54, 1.807) is 19.2 Å². The molecule has 19 heavy (non-hydrogen) atoms. The first-order valence-electron chi connectivity index (χ1n) is 7.05. The van der Waals surface area contributed by atoms with Gasteiger partial charge in [-0.25, -0.2) is 0 Å². The zero-order valence-corrected chi connectivity index (χ0v) is 11.9. The number of piperidine rings is 1. The van der Waals surface area contributed by atoms with Crippen molar-refractivity contribution in [3.05, 3.63) is 23.8 Å². The van der Waals surface area contributed by atoms with Crippen molar-refractivity contribution < 1.29 is 9.84 Å². The van der Waals surface area contributed by atoms with E-state index in [0.29, 0.717) is 11.8 Å². The molecule has 1 heterocycles. The first-order chi connectivity index (χ1) is 9.24. The van der Waals surface area contributed by atoms with Crippen molar-refractivity contribution in [3.8, 4) is 11.5 Å². The number of phenolic OH excluding ortho intramolecular Hbond substituents is 1. The summed E-state index contributed by atoms with van der Waals surface area (Å²) < 4.78 is 5.23. The summed E-state index contributed by atoms with van der Waals surface area (Å²) in [6.07, 6.45) is 2.46. The van der Waals surface area contributed by atoms with Crippen LogP contribution in [0.2, 0.25) is 0 Å². The highest BCUT2D eigenvalue weighted by atomic mass is 16.5. The number of hydrogen-bond donors (Lipinski definition) is 2. The van der Waals surface area contributed by atoms with Gasteiger partial charge in [0.2, 0.25) is 0 Å². The van der Waals surface area contributed by atoms with Gasteiger partial charge in [-0.1, -0.05) is 6.92 Å². The Labute approximate surface area is 115 Å². The maximum absolute atomic E-state index is 9.98. The van der Waals surface area contributed by atoms with E-state index in [4.69, 9.17) is 4.74 Å². The van der Waals surface area contributed by atoms with Crippen LogP contribution in [-0.2, 0) is 6.54 Å². The summed E-state index contributed by atoms with van der Waals surface area (Å²) in [5.41, 5.74) is 0.937. The third-order valence-corrected chi connectivity index (χ3v) is 3.85. The normalized spacial score (nSPS) is 19.6. The number of nitrogens with one attached hydrogen (secondary N) is 1. The maximum Gasteiger partial charge on any atom is 0.120 e. The van der Waals surface area contributed by atoms with E-state index >= 15 is 0 Å². The predicted octanol–water partition coefficient (Wildman–Crippen LogP) is 1.97. The standard InChI is InChI=1S/C15H24N2O2/c1-3-17(13-5-4-8-16-10-13)11-12-9-14(19-2)6-7-15(12)18/h6-7,9,13,16,18H,3-5,8,10-11H2,1-2H3. The lowest BCUT2D eigenvalue weighted by Crippen LogP contribution is -2.45. The molecule has 1 atom stereocenters. The Morgan fingerprint density at radius 3 is 2.95 bits per heavy atom. The first-order valence-corrected chi connectivity index (χ1v) is 7.05. The highest BCUT2D eigenvalue weighted by molar-refractivity contribution is 5.39. The Bertz CT molecular complexity index is 403. The number of hydrogen-bond acceptors (Lipinski definition) is 4. The fourth-order valence-electron chi connectivity index (χ4n) is 2.68. The van der Waals surface area contributed by atoms with Crippen molar-refractivity contribution in [2.45, 2.75) is 32.4 Å². The molecular formula is C15H24N2O2. The lowest BCUT2D eigenvalue weighted by atomic mass is 10.0. The molecule has 1 aliphatic rings. The molecule has 0 spiro atoms. The summed E-state index contributed by atoms with van der Waals surface area (Å²) >= 11 is 0. The number of phenols is 1. The van der Waals surface area contributed by atoms with Gasteiger partial charge in [0.1, 0.15) is 11.5 Å². The van der Waals surface area contributed by atoms with Crippen LogP contribution in [0, 0.1) is 0 Å². The van der Waals surface area contributed by atoms with Gasteiger partial charge in [0, 0.05) is 24.7 Å². The predicted molar refractivity (Wildman–Crippen MR) is 76.6 cm³/mol. The van der Waals surface area contributed by atoms with Gasteiger partial charge in [0.25, 0.3) is 0 Å². The molecule has 1 aromatic rings. The molecule has 4 nitrogen and oxygen atoms in total. The summed E-state index contributed by atoms with van der Waals surface area (Å²) in [6, 6.07) is 5.98. The van der Waals surface area contributed by atoms with E-state index in [-0.39, 0.29) is 0 Å². The molecular weight excluding hydrogens is 240 g/mol. The SMILES string of the molecule is CCN(Cc1cc(OC)ccc1O)C1CCCNC1. The van der Waals surface area contributed by atoms with Gasteiger partial charge >= 0.3 is 0 Å². The van der Waals surface area contributed by atoms with E-state index in [9.17, 15) is 5.11 Å². The van der Waals surface area contributed by atoms with E-state index < -0.39 is 0 Å². The van der Waals surface area contributed by atoms with Crippen LogP contribution in [0.5, 0.6) is 11.5 Å². The second-order valence-electron chi connectivity index (χ2n) is 5.06. The lowest BCUT2D eigenvalue weighted by Gasteiger charge is -2.34. The summed E-state index contributed by atoms with van der Waals surface area (Å²) in [6.45, 7) is 6.09. The maximum atomic E-state index is 9.98. The molecule has 0 bridgehead atoms. The van der Waals surface area contributed by atoms with Crippen LogP contribution in [0.4, 0.5) is 0 Å². The number of benzene rings is 1. The number of ether oxygens (including phenoxy) is 1. The van der Waals surface area contributed by atoms with Gasteiger partial charge < -0.3 is 15.2 Å². The van der Waals surface area contributed by atoms with Crippen molar-refractivity contribution in [1.82, 2.24) is 10.2 Å². The van der Waals surface area contributed by atoms with Crippen LogP contribution in [0.1, 0.15) is 25.3 Å². The van der Waals surface area contributed by atoms with Crippen molar-refractivity contribution >= 4 is 0 Å². The zero-order chi connectivity index (χ0) is 13.7. The van der Waals surface area contributed by atoms with Gasteiger partial charge in [-0.05, 0) is 44.1 Å². The Balaban J connectivity index is 2.08. The minimum absolute atomic E-state index is 0.350. The number of nitrogens with zero attached hydrogens (tertiary/aromatic N) is 1. The minimum atomic E-state index is 0.350. The second-order valence-corrected chi connectivity index (χ2v) is 5.06. The molecule has 2 rings (SSSR count). The summed E-state index contributed by atoms with van der Waals surface area (Å²) in [5, 5.41) is 13.4. The highest BCUT2D eigenvalue weighted by Gasteiger charge is 2.20. The van der Waals surface area contributed by atoms with Crippen LogP contribution in [-0.4, -0.2) is 42.8 Å². The Hall–Kier alpha value is -1.26. The van der Waals surface area contributed by atoms with Gasteiger partial charge in [-0.3, -0.25) is 4.90 Å². The molecule has 4 heteroatoms. The van der Waals surface area contributed by atoms with Crippen molar-refractivity contribution in [2.24, 2.45) is 0 Å². The van der Waals surface area contributed by atoms with Gasteiger partial charge in [-0.2, -0.15) is 0 Å². The zero-order valence-electron chi connectivity index (χ0n) is 11.9. The van der Waals surface area contributed by atoms with Crippen molar-refractivity contribution in [1.29, 1.82) is 0 Å². The Kier molecular flexibility index (Phi) is 5.05. The molecule has 0 amide bonds. The molecule has 0 aliphatic carbocycles. The molecule has 106 valence electrons. The van der Waals surface area contributed by atoms with E-state index in [2.05, 4.69) is 17.1 Å².